The van der Waals surface area contributed by atoms with Gasteiger partial charge < -0.3 is 13.4 Å². The molecule has 3 heterocycles. The monoisotopic (exact) mass is 389 g/mol. The van der Waals surface area contributed by atoms with Gasteiger partial charge in [0.15, 0.2) is 0 Å². The number of aromatic nitrogens is 1. The van der Waals surface area contributed by atoms with E-state index in [0.717, 1.165) is 38.5 Å². The van der Waals surface area contributed by atoms with Crippen LogP contribution in [0.2, 0.25) is 0 Å². The van der Waals surface area contributed by atoms with E-state index in [1.165, 1.54) is 27.2 Å². The van der Waals surface area contributed by atoms with E-state index in [-0.39, 0.29) is 0 Å². The molecule has 3 nitrogen and oxygen atoms in total. The first-order valence-electron chi connectivity index (χ1n) is 10.4. The lowest BCUT2D eigenvalue weighted by molar-refractivity contribution is 0.641. The molecule has 0 fully saturated rings. The molecule has 0 saturated heterocycles. The molecule has 0 atom stereocenters. The quantitative estimate of drug-likeness (QED) is 0.283. The summed E-state index contributed by atoms with van der Waals surface area (Å²) in [5.41, 5.74) is 6.18. The topological polar surface area (TPSA) is 31.2 Å². The molecule has 3 heteroatoms. The Hall–Kier alpha value is -3.72. The molecule has 0 amide bonds. The maximum Gasteiger partial charge on any atom is 0.136 e. The number of hydrogen-bond donors (Lipinski definition) is 0. The Morgan fingerprint density at radius 1 is 0.567 bits per heavy atom. The Balaban J connectivity index is 1.78. The van der Waals surface area contributed by atoms with Gasteiger partial charge in [-0.15, -0.1) is 0 Å². The maximum atomic E-state index is 6.23. The van der Waals surface area contributed by atoms with Crippen LogP contribution in [-0.4, -0.2) is 4.57 Å². The van der Waals surface area contributed by atoms with Gasteiger partial charge in [-0.1, -0.05) is 36.4 Å². The normalized spacial score (nSPS) is 12.6. The van der Waals surface area contributed by atoms with Gasteiger partial charge in [-0.2, -0.15) is 0 Å². The van der Waals surface area contributed by atoms with Crippen LogP contribution in [0, 0.1) is 0 Å². The van der Waals surface area contributed by atoms with Gasteiger partial charge in [0.05, 0.1) is 11.0 Å². The summed E-state index contributed by atoms with van der Waals surface area (Å²) in [6.45, 7) is 4.49. The lowest BCUT2D eigenvalue weighted by Gasteiger charge is -2.11. The minimum atomic E-state index is 0.330. The molecule has 0 spiro atoms. The summed E-state index contributed by atoms with van der Waals surface area (Å²) in [4.78, 5) is 0. The van der Waals surface area contributed by atoms with Gasteiger partial charge in [-0.3, -0.25) is 0 Å². The highest BCUT2D eigenvalue weighted by Gasteiger charge is 2.20. The fraction of sp³-hybridized carbons (Fsp3) is 0.111. The zero-order valence-electron chi connectivity index (χ0n) is 16.8. The van der Waals surface area contributed by atoms with Crippen molar-refractivity contribution < 1.29 is 8.83 Å². The van der Waals surface area contributed by atoms with Crippen LogP contribution in [0.4, 0.5) is 0 Å². The summed E-state index contributed by atoms with van der Waals surface area (Å²) in [5.74, 6) is 0. The largest absolute Gasteiger partial charge is 0.456 e. The van der Waals surface area contributed by atoms with Crippen molar-refractivity contribution in [2.24, 2.45) is 0 Å². The molecule has 4 aromatic carbocycles. The van der Waals surface area contributed by atoms with Crippen molar-refractivity contribution in [1.82, 2.24) is 4.57 Å². The number of benzene rings is 4. The highest BCUT2D eigenvalue weighted by Crippen LogP contribution is 2.43. The number of hydrogen-bond acceptors (Lipinski definition) is 2. The van der Waals surface area contributed by atoms with Gasteiger partial charge in [0, 0.05) is 38.4 Å². The summed E-state index contributed by atoms with van der Waals surface area (Å²) in [6.07, 6.45) is 0. The second-order valence-corrected chi connectivity index (χ2v) is 8.36. The Kier molecular flexibility index (Phi) is 2.93. The van der Waals surface area contributed by atoms with Crippen molar-refractivity contribution in [3.63, 3.8) is 0 Å². The Labute approximate surface area is 172 Å². The summed E-state index contributed by atoms with van der Waals surface area (Å²) in [7, 11) is 0. The zero-order valence-corrected chi connectivity index (χ0v) is 16.8. The Morgan fingerprint density at radius 2 is 1.27 bits per heavy atom. The van der Waals surface area contributed by atoms with Crippen molar-refractivity contribution in [2.75, 3.05) is 0 Å². The summed E-state index contributed by atoms with van der Waals surface area (Å²) in [6, 6.07) is 25.7. The van der Waals surface area contributed by atoms with Crippen LogP contribution in [0.25, 0.3) is 65.7 Å². The van der Waals surface area contributed by atoms with Crippen LogP contribution in [0.5, 0.6) is 0 Å². The molecule has 3 aromatic heterocycles. The van der Waals surface area contributed by atoms with Gasteiger partial charge >= 0.3 is 0 Å². The molecular formula is C27H19NO2. The van der Waals surface area contributed by atoms with E-state index in [4.69, 9.17) is 8.83 Å². The van der Waals surface area contributed by atoms with E-state index >= 15 is 0 Å². The van der Waals surface area contributed by atoms with Crippen LogP contribution in [0.15, 0.2) is 81.6 Å². The average molecular weight is 389 g/mol. The second kappa shape index (κ2) is 5.45. The fourth-order valence-electron chi connectivity index (χ4n) is 5.12. The predicted molar refractivity (Wildman–Crippen MR) is 124 cm³/mol. The van der Waals surface area contributed by atoms with E-state index in [1.54, 1.807) is 0 Å². The van der Waals surface area contributed by atoms with E-state index in [9.17, 15) is 0 Å². The highest BCUT2D eigenvalue weighted by atomic mass is 16.3. The van der Waals surface area contributed by atoms with Crippen LogP contribution in [0.1, 0.15) is 19.9 Å². The standard InChI is InChI=1S/C27H19NO2/c1-15(2)28-20-11-12-24-27(17-8-4-6-10-23(17)29-24)26(20)19-14-25-18(13-21(19)28)16-7-3-5-9-22(16)30-25/h3-15H,1-2H3. The molecule has 0 aliphatic heterocycles. The fourth-order valence-corrected chi connectivity index (χ4v) is 5.12. The van der Waals surface area contributed by atoms with E-state index in [0.29, 0.717) is 6.04 Å². The second-order valence-electron chi connectivity index (χ2n) is 8.36. The third-order valence-corrected chi connectivity index (χ3v) is 6.32. The molecule has 0 bridgehead atoms. The predicted octanol–water partition coefficient (Wildman–Crippen LogP) is 8.17. The molecule has 0 N–H and O–H groups in total. The van der Waals surface area contributed by atoms with Crippen LogP contribution < -0.4 is 0 Å². The third kappa shape index (κ3) is 1.90. The van der Waals surface area contributed by atoms with Gasteiger partial charge in [-0.05, 0) is 50.2 Å². The SMILES string of the molecule is CC(C)n1c2cc3c(cc2c2c4c(ccc21)oc1ccccc14)oc1ccccc13. The van der Waals surface area contributed by atoms with Crippen molar-refractivity contribution in [2.45, 2.75) is 19.9 Å². The summed E-state index contributed by atoms with van der Waals surface area (Å²) < 4.78 is 14.8. The van der Waals surface area contributed by atoms with E-state index in [1.807, 2.05) is 24.3 Å². The number of para-hydroxylation sites is 2. The minimum absolute atomic E-state index is 0.330. The zero-order chi connectivity index (χ0) is 20.0. The Bertz CT molecular complexity index is 1780. The average Bonchev–Trinajstić information content (AvgIpc) is 3.40. The van der Waals surface area contributed by atoms with Crippen molar-refractivity contribution in [3.8, 4) is 0 Å². The molecule has 7 aromatic rings. The molecule has 7 rings (SSSR count). The van der Waals surface area contributed by atoms with Gasteiger partial charge in [0.2, 0.25) is 0 Å². The van der Waals surface area contributed by atoms with Gasteiger partial charge in [-0.25, -0.2) is 0 Å². The molecule has 0 saturated carbocycles. The van der Waals surface area contributed by atoms with Gasteiger partial charge in [0.1, 0.15) is 22.3 Å². The maximum absolute atomic E-state index is 6.23. The minimum Gasteiger partial charge on any atom is -0.456 e. The number of nitrogens with zero attached hydrogens (tertiary/aromatic N) is 1. The van der Waals surface area contributed by atoms with E-state index in [2.05, 4.69) is 66.9 Å². The van der Waals surface area contributed by atoms with Crippen molar-refractivity contribution >= 4 is 65.7 Å². The van der Waals surface area contributed by atoms with E-state index < -0.39 is 0 Å². The van der Waals surface area contributed by atoms with Crippen molar-refractivity contribution in [1.29, 1.82) is 0 Å². The summed E-state index contributed by atoms with van der Waals surface area (Å²) >= 11 is 0. The highest BCUT2D eigenvalue weighted by molar-refractivity contribution is 6.28. The smallest absolute Gasteiger partial charge is 0.136 e. The first-order chi connectivity index (χ1) is 14.7. The molecule has 30 heavy (non-hydrogen) atoms. The molecule has 0 radical (unpaired) electrons. The molecule has 0 aliphatic rings. The Morgan fingerprint density at radius 3 is 2.07 bits per heavy atom. The first-order valence-corrected chi connectivity index (χ1v) is 10.4. The van der Waals surface area contributed by atoms with Crippen LogP contribution in [-0.2, 0) is 0 Å². The van der Waals surface area contributed by atoms with Crippen molar-refractivity contribution in [3.05, 3.63) is 72.8 Å². The lowest BCUT2D eigenvalue weighted by atomic mass is 10.0. The molecule has 144 valence electrons. The van der Waals surface area contributed by atoms with Gasteiger partial charge in [0.25, 0.3) is 0 Å². The number of fused-ring (bicyclic) bond motifs is 10. The number of rotatable bonds is 1. The molecule has 0 unspecified atom stereocenters. The first kappa shape index (κ1) is 16.1. The molecule has 0 aliphatic carbocycles. The summed E-state index contributed by atoms with van der Waals surface area (Å²) in [5, 5.41) is 7.12. The lowest BCUT2D eigenvalue weighted by Crippen LogP contribution is -1.99. The number of furan rings is 2. The third-order valence-electron chi connectivity index (χ3n) is 6.32. The molecular weight excluding hydrogens is 370 g/mol. The van der Waals surface area contributed by atoms with Crippen LogP contribution >= 0.6 is 0 Å². The van der Waals surface area contributed by atoms with Crippen LogP contribution in [0.3, 0.4) is 0 Å².